The van der Waals surface area contributed by atoms with Crippen molar-refractivity contribution in [2.75, 3.05) is 0 Å². The minimum absolute atomic E-state index is 0.322. The third kappa shape index (κ3) is 2.67. The summed E-state index contributed by atoms with van der Waals surface area (Å²) in [5.41, 5.74) is 3.37. The predicted octanol–water partition coefficient (Wildman–Crippen LogP) is 5.09. The zero-order chi connectivity index (χ0) is 19.3. The van der Waals surface area contributed by atoms with Gasteiger partial charge in [-0.1, -0.05) is 31.4 Å². The molecule has 4 heteroatoms. The summed E-state index contributed by atoms with van der Waals surface area (Å²) in [5.74, 6) is 0.940. The van der Waals surface area contributed by atoms with Crippen LogP contribution in [-0.2, 0) is 9.59 Å². The maximum atomic E-state index is 12.4. The Balaban J connectivity index is 2.06. The Hall–Kier alpha value is -2.88. The van der Waals surface area contributed by atoms with E-state index in [9.17, 15) is 9.59 Å². The Morgan fingerprint density at radius 1 is 1.11 bits per heavy atom. The molecule has 0 saturated heterocycles. The molecule has 0 spiro atoms. The molecule has 0 radical (unpaired) electrons. The highest BCUT2D eigenvalue weighted by Crippen LogP contribution is 2.61. The Bertz CT molecular complexity index is 1010. The van der Waals surface area contributed by atoms with E-state index in [0.29, 0.717) is 28.9 Å². The molecule has 4 nitrogen and oxygen atoms in total. The van der Waals surface area contributed by atoms with E-state index in [-0.39, 0.29) is 0 Å². The van der Waals surface area contributed by atoms with Crippen LogP contribution in [0.3, 0.4) is 0 Å². The van der Waals surface area contributed by atoms with Crippen LogP contribution in [0.5, 0.6) is 11.5 Å². The number of carbonyl (C=O) groups is 2. The molecule has 0 aliphatic heterocycles. The molecule has 2 bridgehead atoms. The van der Waals surface area contributed by atoms with Crippen molar-refractivity contribution in [1.29, 1.82) is 0 Å². The Kier molecular flexibility index (Phi) is 4.14. The molecule has 2 atom stereocenters. The molecule has 2 aliphatic carbocycles. The van der Waals surface area contributed by atoms with E-state index in [2.05, 4.69) is 13.2 Å². The molecule has 2 aromatic rings. The molecule has 27 heavy (non-hydrogen) atoms. The number of aryl methyl sites for hydroxylation is 1. The molecule has 1 saturated carbocycles. The lowest BCUT2D eigenvalue weighted by Crippen LogP contribution is -2.14. The number of hydrogen-bond donors (Lipinski definition) is 0. The molecule has 4 rings (SSSR count). The van der Waals surface area contributed by atoms with Crippen LogP contribution in [0.15, 0.2) is 43.0 Å². The zero-order valence-corrected chi connectivity index (χ0v) is 15.6. The van der Waals surface area contributed by atoms with Gasteiger partial charge in [0.25, 0.3) is 0 Å². The number of benzene rings is 2. The van der Waals surface area contributed by atoms with Gasteiger partial charge in [-0.2, -0.15) is 0 Å². The number of ether oxygens (including phenoxy) is 2. The largest absolute Gasteiger partial charge is 0.422 e. The fourth-order valence-electron chi connectivity index (χ4n) is 4.54. The van der Waals surface area contributed by atoms with Gasteiger partial charge in [-0.15, -0.1) is 0 Å². The summed E-state index contributed by atoms with van der Waals surface area (Å²) in [6, 6.07) is 5.81. The van der Waals surface area contributed by atoms with E-state index in [1.807, 2.05) is 25.1 Å². The van der Waals surface area contributed by atoms with Crippen molar-refractivity contribution in [2.45, 2.75) is 44.9 Å². The second-order valence-electron chi connectivity index (χ2n) is 7.49. The third-order valence-electron chi connectivity index (χ3n) is 5.69. The lowest BCUT2D eigenvalue weighted by Gasteiger charge is -2.24. The van der Waals surface area contributed by atoms with Crippen molar-refractivity contribution in [3.63, 3.8) is 0 Å². The predicted molar refractivity (Wildman–Crippen MR) is 104 cm³/mol. The van der Waals surface area contributed by atoms with Crippen LogP contribution >= 0.6 is 0 Å². The van der Waals surface area contributed by atoms with E-state index in [4.69, 9.17) is 9.47 Å². The fraction of sp³-hybridized carbons (Fsp3) is 0.304. The molecule has 0 amide bonds. The first-order valence-electron chi connectivity index (χ1n) is 9.23. The first kappa shape index (κ1) is 17.5. The fourth-order valence-corrected chi connectivity index (χ4v) is 4.54. The molecular formula is C23H22O4. The average Bonchev–Trinajstić information content (AvgIpc) is 3.25. The molecule has 0 N–H and O–H groups in total. The van der Waals surface area contributed by atoms with Gasteiger partial charge in [0.2, 0.25) is 0 Å². The topological polar surface area (TPSA) is 52.6 Å². The summed E-state index contributed by atoms with van der Waals surface area (Å²) in [7, 11) is 0. The normalized spacial score (nSPS) is 19.6. The van der Waals surface area contributed by atoms with Crippen LogP contribution in [-0.4, -0.2) is 11.9 Å². The number of carbonyl (C=O) groups excluding carboxylic acids is 2. The van der Waals surface area contributed by atoms with Crippen LogP contribution in [0, 0.1) is 6.92 Å². The Morgan fingerprint density at radius 3 is 2.41 bits per heavy atom. The first-order valence-corrected chi connectivity index (χ1v) is 9.23. The Morgan fingerprint density at radius 2 is 1.78 bits per heavy atom. The van der Waals surface area contributed by atoms with Gasteiger partial charge in [0.15, 0.2) is 0 Å². The summed E-state index contributed by atoms with van der Waals surface area (Å²) in [6.07, 6.45) is 4.29. The van der Waals surface area contributed by atoms with Gasteiger partial charge in [0.05, 0.1) is 0 Å². The lowest BCUT2D eigenvalue weighted by molar-refractivity contribution is -0.130. The second-order valence-corrected chi connectivity index (χ2v) is 7.49. The molecule has 1 fully saturated rings. The third-order valence-corrected chi connectivity index (χ3v) is 5.69. The van der Waals surface area contributed by atoms with Crippen molar-refractivity contribution in [3.05, 3.63) is 59.7 Å². The SMILES string of the molecule is C=CC(=O)Oc1c2c(c(OC(=O)C(=C)C)c3c(C)cccc13)C1CCC2C1. The van der Waals surface area contributed by atoms with Gasteiger partial charge < -0.3 is 9.47 Å². The average molecular weight is 362 g/mol. The van der Waals surface area contributed by atoms with Crippen molar-refractivity contribution in [3.8, 4) is 11.5 Å². The minimum Gasteiger partial charge on any atom is -0.422 e. The molecule has 2 aliphatic rings. The minimum atomic E-state index is -0.477. The number of hydrogen-bond acceptors (Lipinski definition) is 4. The van der Waals surface area contributed by atoms with Gasteiger partial charge in [0.1, 0.15) is 11.5 Å². The van der Waals surface area contributed by atoms with Crippen LogP contribution in [0.1, 0.15) is 54.7 Å². The highest BCUT2D eigenvalue weighted by Gasteiger charge is 2.43. The number of rotatable bonds is 4. The maximum absolute atomic E-state index is 12.4. The zero-order valence-electron chi connectivity index (χ0n) is 15.6. The molecule has 0 heterocycles. The van der Waals surface area contributed by atoms with Crippen molar-refractivity contribution >= 4 is 22.7 Å². The van der Waals surface area contributed by atoms with E-state index in [1.165, 1.54) is 6.08 Å². The number of esters is 2. The lowest BCUT2D eigenvalue weighted by atomic mass is 9.86. The van der Waals surface area contributed by atoms with Crippen LogP contribution < -0.4 is 9.47 Å². The monoisotopic (exact) mass is 362 g/mol. The summed E-state index contributed by atoms with van der Waals surface area (Å²) >= 11 is 0. The quantitative estimate of drug-likeness (QED) is 0.432. The van der Waals surface area contributed by atoms with Crippen molar-refractivity contribution in [1.82, 2.24) is 0 Å². The summed E-state index contributed by atoms with van der Waals surface area (Å²) in [4.78, 5) is 24.4. The van der Waals surface area contributed by atoms with Crippen LogP contribution in [0.4, 0.5) is 0 Å². The van der Waals surface area contributed by atoms with Crippen LogP contribution in [0.25, 0.3) is 10.8 Å². The highest BCUT2D eigenvalue weighted by atomic mass is 16.5. The van der Waals surface area contributed by atoms with Gasteiger partial charge >= 0.3 is 11.9 Å². The molecule has 0 aromatic heterocycles. The van der Waals surface area contributed by atoms with Gasteiger partial charge in [-0.05, 0) is 50.5 Å². The summed E-state index contributed by atoms with van der Waals surface area (Å²) in [6.45, 7) is 10.8. The first-order chi connectivity index (χ1) is 12.9. The highest BCUT2D eigenvalue weighted by molar-refractivity contribution is 6.03. The smallest absolute Gasteiger partial charge is 0.338 e. The van der Waals surface area contributed by atoms with E-state index >= 15 is 0 Å². The standard InChI is InChI=1S/C23H22O4/c1-5-17(24)26-21-16-8-6-7-13(4)18(16)22(27-23(25)12(2)3)20-15-10-9-14(11-15)19(20)21/h5-8,14-15H,1-2,9-11H2,3-4H3. The van der Waals surface area contributed by atoms with Crippen molar-refractivity contribution in [2.24, 2.45) is 0 Å². The van der Waals surface area contributed by atoms with Crippen LogP contribution in [0.2, 0.25) is 0 Å². The van der Waals surface area contributed by atoms with Gasteiger partial charge in [-0.3, -0.25) is 0 Å². The van der Waals surface area contributed by atoms with E-state index in [1.54, 1.807) is 6.92 Å². The second kappa shape index (κ2) is 6.38. The van der Waals surface area contributed by atoms with E-state index in [0.717, 1.165) is 46.7 Å². The number of fused-ring (bicyclic) bond motifs is 6. The van der Waals surface area contributed by atoms with Gasteiger partial charge in [-0.25, -0.2) is 9.59 Å². The van der Waals surface area contributed by atoms with Gasteiger partial charge in [0, 0.05) is 33.5 Å². The van der Waals surface area contributed by atoms with Crippen molar-refractivity contribution < 1.29 is 19.1 Å². The Labute approximate surface area is 158 Å². The molecular weight excluding hydrogens is 340 g/mol. The summed E-state index contributed by atoms with van der Waals surface area (Å²) < 4.78 is 11.6. The summed E-state index contributed by atoms with van der Waals surface area (Å²) in [5, 5.41) is 1.62. The molecule has 2 aromatic carbocycles. The van der Waals surface area contributed by atoms with E-state index < -0.39 is 11.9 Å². The maximum Gasteiger partial charge on any atom is 0.338 e. The molecule has 2 unspecified atom stereocenters. The molecule has 138 valence electrons.